The first-order valence-electron chi connectivity index (χ1n) is 10.3. The van der Waals surface area contributed by atoms with E-state index in [4.69, 9.17) is 0 Å². The molecule has 3 rings (SSSR count). The summed E-state index contributed by atoms with van der Waals surface area (Å²) in [6.07, 6.45) is -0.496. The monoisotopic (exact) mass is 417 g/mol. The van der Waals surface area contributed by atoms with Crippen LogP contribution in [0.3, 0.4) is 0 Å². The summed E-state index contributed by atoms with van der Waals surface area (Å²) in [5.74, 6) is 0.0158. The van der Waals surface area contributed by atoms with Gasteiger partial charge >= 0.3 is 6.03 Å². The normalized spacial score (nSPS) is 11.4. The van der Waals surface area contributed by atoms with Crippen LogP contribution in [-0.2, 0) is 11.2 Å². The number of nitrogens with zero attached hydrogens (tertiary/aromatic N) is 1. The number of urea groups is 1. The van der Waals surface area contributed by atoms with Crippen molar-refractivity contribution in [3.8, 4) is 0 Å². The van der Waals surface area contributed by atoms with Gasteiger partial charge in [0, 0.05) is 24.5 Å². The summed E-state index contributed by atoms with van der Waals surface area (Å²) in [4.78, 5) is 26.5. The Labute approximate surface area is 182 Å². The number of aliphatic hydroxyl groups excluding tert-OH is 1. The molecule has 0 radical (unpaired) electrons. The van der Waals surface area contributed by atoms with Crippen LogP contribution in [0.25, 0.3) is 0 Å². The Balaban J connectivity index is 1.50. The number of likely N-dealkylation sites (N-methyl/N-ethyl adjacent to an activating group) is 1. The van der Waals surface area contributed by atoms with Gasteiger partial charge in [-0.25, -0.2) is 4.79 Å². The molecule has 1 atom stereocenters. The quantitative estimate of drug-likeness (QED) is 0.515. The molecular weight excluding hydrogens is 390 g/mol. The van der Waals surface area contributed by atoms with E-state index in [9.17, 15) is 14.7 Å². The second-order valence-corrected chi connectivity index (χ2v) is 7.11. The van der Waals surface area contributed by atoms with Crippen LogP contribution < -0.4 is 15.5 Å². The van der Waals surface area contributed by atoms with Gasteiger partial charge in [-0.15, -0.1) is 0 Å². The van der Waals surface area contributed by atoms with Gasteiger partial charge in [0.15, 0.2) is 0 Å². The van der Waals surface area contributed by atoms with Crippen molar-refractivity contribution in [1.82, 2.24) is 5.32 Å². The van der Waals surface area contributed by atoms with Crippen molar-refractivity contribution >= 4 is 23.3 Å². The Bertz CT molecular complexity index is 976. The highest BCUT2D eigenvalue weighted by Crippen LogP contribution is 2.16. The maximum absolute atomic E-state index is 12.7. The summed E-state index contributed by atoms with van der Waals surface area (Å²) in [5, 5.41) is 15.5. The molecule has 6 nitrogen and oxygen atoms in total. The summed E-state index contributed by atoms with van der Waals surface area (Å²) < 4.78 is 0. The lowest BCUT2D eigenvalue weighted by Gasteiger charge is -2.21. The molecule has 3 aromatic carbocycles. The van der Waals surface area contributed by atoms with E-state index in [1.807, 2.05) is 79.7 Å². The zero-order valence-corrected chi connectivity index (χ0v) is 17.5. The lowest BCUT2D eigenvalue weighted by Crippen LogP contribution is -2.32. The van der Waals surface area contributed by atoms with E-state index in [-0.39, 0.29) is 18.9 Å². The van der Waals surface area contributed by atoms with Crippen molar-refractivity contribution in [2.24, 2.45) is 0 Å². The first-order chi connectivity index (χ1) is 15.1. The Morgan fingerprint density at radius 2 is 1.52 bits per heavy atom. The Morgan fingerprint density at radius 1 is 0.903 bits per heavy atom. The molecule has 0 aromatic heterocycles. The molecule has 0 saturated heterocycles. The molecule has 1 unspecified atom stereocenters. The number of amides is 3. The molecule has 3 amide bonds. The molecule has 0 aliphatic heterocycles. The number of aliphatic hydroxyl groups is 1. The van der Waals surface area contributed by atoms with Crippen molar-refractivity contribution in [1.29, 1.82) is 0 Å². The third-order valence-corrected chi connectivity index (χ3v) is 4.89. The maximum Gasteiger partial charge on any atom is 0.319 e. The third-order valence-electron chi connectivity index (χ3n) is 4.89. The molecule has 0 saturated carbocycles. The molecule has 3 N–H and O–H groups in total. The fraction of sp³-hybridized carbons (Fsp3) is 0.200. The van der Waals surface area contributed by atoms with E-state index in [0.717, 1.165) is 16.8 Å². The van der Waals surface area contributed by atoms with Crippen LogP contribution in [0.1, 0.15) is 24.2 Å². The zero-order chi connectivity index (χ0) is 22.1. The fourth-order valence-electron chi connectivity index (χ4n) is 3.24. The highest BCUT2D eigenvalue weighted by atomic mass is 16.3. The minimum Gasteiger partial charge on any atom is -0.387 e. The minimum atomic E-state index is -0.772. The van der Waals surface area contributed by atoms with E-state index >= 15 is 0 Å². The van der Waals surface area contributed by atoms with Crippen LogP contribution in [0, 0.1) is 0 Å². The number of carbonyl (C=O) groups is 2. The van der Waals surface area contributed by atoms with Gasteiger partial charge in [-0.2, -0.15) is 0 Å². The number of carbonyl (C=O) groups excluding carboxylic acids is 2. The summed E-state index contributed by atoms with van der Waals surface area (Å²) >= 11 is 0. The molecule has 0 aliphatic carbocycles. The van der Waals surface area contributed by atoms with E-state index < -0.39 is 12.1 Å². The Kier molecular flexibility index (Phi) is 7.79. The van der Waals surface area contributed by atoms with Gasteiger partial charge in [0.1, 0.15) is 0 Å². The number of para-hydroxylation sites is 1. The zero-order valence-electron chi connectivity index (χ0n) is 17.5. The lowest BCUT2D eigenvalue weighted by molar-refractivity contribution is -0.117. The molecule has 6 heteroatoms. The van der Waals surface area contributed by atoms with Crippen molar-refractivity contribution < 1.29 is 14.7 Å². The molecule has 0 heterocycles. The minimum absolute atomic E-state index is 0.0158. The summed E-state index contributed by atoms with van der Waals surface area (Å²) in [5.41, 5.74) is 3.10. The van der Waals surface area contributed by atoms with Crippen molar-refractivity contribution in [2.75, 3.05) is 23.3 Å². The van der Waals surface area contributed by atoms with Crippen LogP contribution in [0.2, 0.25) is 0 Å². The van der Waals surface area contributed by atoms with Crippen LogP contribution in [-0.4, -0.2) is 30.1 Å². The van der Waals surface area contributed by atoms with Gasteiger partial charge in [-0.1, -0.05) is 60.7 Å². The van der Waals surface area contributed by atoms with E-state index in [1.54, 1.807) is 17.0 Å². The second kappa shape index (κ2) is 10.9. The average Bonchev–Trinajstić information content (AvgIpc) is 2.80. The van der Waals surface area contributed by atoms with Gasteiger partial charge in [0.2, 0.25) is 5.91 Å². The molecule has 160 valence electrons. The Morgan fingerprint density at radius 3 is 2.13 bits per heavy atom. The van der Waals surface area contributed by atoms with Gasteiger partial charge in [0.05, 0.1) is 12.5 Å². The van der Waals surface area contributed by atoms with Crippen LogP contribution >= 0.6 is 0 Å². The summed E-state index contributed by atoms with van der Waals surface area (Å²) in [7, 11) is 0. The van der Waals surface area contributed by atoms with Crippen molar-refractivity contribution in [3.05, 3.63) is 96.1 Å². The molecule has 0 aliphatic rings. The standard InChI is InChI=1S/C25H27N3O3/c1-2-28(22-11-7-4-8-12-22)24(30)17-19-13-15-21(16-14-19)27-25(31)26-18-23(29)20-9-5-3-6-10-20/h3-16,23,29H,2,17-18H2,1H3,(H2,26,27,31). The second-order valence-electron chi connectivity index (χ2n) is 7.11. The molecule has 3 aromatic rings. The highest BCUT2D eigenvalue weighted by Gasteiger charge is 2.14. The van der Waals surface area contributed by atoms with Gasteiger partial charge in [-0.3, -0.25) is 4.79 Å². The summed E-state index contributed by atoms with van der Waals surface area (Å²) in [6, 6.07) is 25.5. The number of rotatable bonds is 8. The first kappa shape index (κ1) is 22.1. The fourth-order valence-corrected chi connectivity index (χ4v) is 3.24. The largest absolute Gasteiger partial charge is 0.387 e. The van der Waals surface area contributed by atoms with Crippen molar-refractivity contribution in [2.45, 2.75) is 19.4 Å². The SMILES string of the molecule is CCN(C(=O)Cc1ccc(NC(=O)NCC(O)c2ccccc2)cc1)c1ccccc1. The smallest absolute Gasteiger partial charge is 0.319 e. The first-order valence-corrected chi connectivity index (χ1v) is 10.3. The van der Waals surface area contributed by atoms with Crippen LogP contribution in [0.15, 0.2) is 84.9 Å². The average molecular weight is 418 g/mol. The highest BCUT2D eigenvalue weighted by molar-refractivity contribution is 5.95. The topological polar surface area (TPSA) is 81.7 Å². The number of hydrogen-bond acceptors (Lipinski definition) is 3. The van der Waals surface area contributed by atoms with Gasteiger partial charge in [-0.05, 0) is 42.3 Å². The molecule has 0 spiro atoms. The third kappa shape index (κ3) is 6.42. The van der Waals surface area contributed by atoms with Crippen LogP contribution in [0.4, 0.5) is 16.2 Å². The number of nitrogens with one attached hydrogen (secondary N) is 2. The predicted octanol–water partition coefficient (Wildman–Crippen LogP) is 4.14. The van der Waals surface area contributed by atoms with E-state index in [1.165, 1.54) is 0 Å². The van der Waals surface area contributed by atoms with Crippen LogP contribution in [0.5, 0.6) is 0 Å². The van der Waals surface area contributed by atoms with Crippen molar-refractivity contribution in [3.63, 3.8) is 0 Å². The molecular formula is C25H27N3O3. The summed E-state index contributed by atoms with van der Waals surface area (Å²) in [6.45, 7) is 2.65. The molecule has 31 heavy (non-hydrogen) atoms. The number of benzene rings is 3. The van der Waals surface area contributed by atoms with Gasteiger partial charge in [0.25, 0.3) is 0 Å². The van der Waals surface area contributed by atoms with E-state index in [2.05, 4.69) is 10.6 Å². The van der Waals surface area contributed by atoms with Gasteiger partial charge < -0.3 is 20.6 Å². The predicted molar refractivity (Wildman–Crippen MR) is 123 cm³/mol. The molecule has 0 fully saturated rings. The Hall–Kier alpha value is -3.64. The number of hydrogen-bond donors (Lipinski definition) is 3. The lowest BCUT2D eigenvalue weighted by atomic mass is 10.1. The maximum atomic E-state index is 12.7. The molecule has 0 bridgehead atoms. The number of anilines is 2. The van der Waals surface area contributed by atoms with E-state index in [0.29, 0.717) is 12.2 Å².